The Bertz CT molecular complexity index is 540. The zero-order valence-corrected chi connectivity index (χ0v) is 12.4. The highest BCUT2D eigenvalue weighted by Gasteiger charge is 2.49. The van der Waals surface area contributed by atoms with Crippen LogP contribution in [0.5, 0.6) is 0 Å². The van der Waals surface area contributed by atoms with E-state index in [2.05, 4.69) is 5.32 Å². The van der Waals surface area contributed by atoms with E-state index in [1.54, 1.807) is 7.11 Å². The third-order valence-corrected chi connectivity index (χ3v) is 4.38. The predicted octanol–water partition coefficient (Wildman–Crippen LogP) is 2.17. The first-order valence-corrected chi connectivity index (χ1v) is 6.81. The van der Waals surface area contributed by atoms with Crippen LogP contribution in [-0.4, -0.2) is 25.0 Å². The van der Waals surface area contributed by atoms with Crippen LogP contribution in [0.25, 0.3) is 0 Å². The second kappa shape index (κ2) is 5.37. The fourth-order valence-corrected chi connectivity index (χ4v) is 3.03. The Balaban J connectivity index is 2.50. The summed E-state index contributed by atoms with van der Waals surface area (Å²) in [5, 5.41) is 2.45. The lowest BCUT2D eigenvalue weighted by Gasteiger charge is -2.43. The molecule has 0 aliphatic carbocycles. The fourth-order valence-electron chi connectivity index (χ4n) is 3.03. The largest absolute Gasteiger partial charge is 0.381 e. The molecule has 0 aromatic heterocycles. The van der Waals surface area contributed by atoms with Gasteiger partial charge in [0.1, 0.15) is 0 Å². The fraction of sp³-hybridized carbons (Fsp3) is 0.500. The van der Waals surface area contributed by atoms with Gasteiger partial charge < -0.3 is 4.74 Å². The van der Waals surface area contributed by atoms with Gasteiger partial charge in [-0.15, -0.1) is 0 Å². The van der Waals surface area contributed by atoms with Gasteiger partial charge in [0.25, 0.3) is 0 Å². The molecule has 0 bridgehead atoms. The summed E-state index contributed by atoms with van der Waals surface area (Å²) in [5.74, 6) is -0.849. The highest BCUT2D eigenvalue weighted by Crippen LogP contribution is 2.45. The second-order valence-electron chi connectivity index (χ2n) is 5.82. The summed E-state index contributed by atoms with van der Waals surface area (Å²) in [6.07, 6.45) is 0.0924. The van der Waals surface area contributed by atoms with Crippen LogP contribution in [0.2, 0.25) is 0 Å². The van der Waals surface area contributed by atoms with Crippen LogP contribution in [0, 0.1) is 12.3 Å². The Hall–Kier alpha value is -1.68. The van der Waals surface area contributed by atoms with Crippen LogP contribution in [0.4, 0.5) is 0 Å². The Morgan fingerprint density at radius 1 is 1.40 bits per heavy atom. The van der Waals surface area contributed by atoms with E-state index in [4.69, 9.17) is 4.74 Å². The molecular weight excluding hydrogens is 254 g/mol. The molecule has 3 unspecified atom stereocenters. The quantitative estimate of drug-likeness (QED) is 0.860. The van der Waals surface area contributed by atoms with E-state index in [1.165, 1.54) is 0 Å². The van der Waals surface area contributed by atoms with Gasteiger partial charge in [0.2, 0.25) is 11.8 Å². The lowest BCUT2D eigenvalue weighted by Crippen LogP contribution is -2.53. The molecule has 4 heteroatoms. The number of benzene rings is 1. The van der Waals surface area contributed by atoms with Crippen molar-refractivity contribution in [3.8, 4) is 0 Å². The molecule has 2 rings (SSSR count). The normalized spacial score (nSPS) is 28.1. The van der Waals surface area contributed by atoms with Crippen LogP contribution < -0.4 is 5.32 Å². The van der Waals surface area contributed by atoms with Crippen LogP contribution in [0.1, 0.15) is 37.3 Å². The molecule has 1 N–H and O–H groups in total. The van der Waals surface area contributed by atoms with Crippen LogP contribution in [0.15, 0.2) is 24.3 Å². The third kappa shape index (κ3) is 2.48. The minimum atomic E-state index is -0.540. The standard InChI is InChI=1S/C16H21NO3/c1-10-6-5-7-12(8-10)14-15(19)17-13(18)9-16(14,3)11(2)20-4/h5-8,11,14H,9H2,1-4H3,(H,17,18,19). The molecule has 4 nitrogen and oxygen atoms in total. The number of carbonyl (C=O) groups is 2. The number of nitrogens with one attached hydrogen (secondary N) is 1. The Labute approximate surface area is 119 Å². The summed E-state index contributed by atoms with van der Waals surface area (Å²) in [6.45, 7) is 5.85. The maximum absolute atomic E-state index is 12.4. The summed E-state index contributed by atoms with van der Waals surface area (Å²) in [5.41, 5.74) is 1.49. The van der Waals surface area contributed by atoms with Gasteiger partial charge in [0.15, 0.2) is 0 Å². The molecule has 1 fully saturated rings. The minimum absolute atomic E-state index is 0.192. The monoisotopic (exact) mass is 275 g/mol. The van der Waals surface area contributed by atoms with Gasteiger partial charge in [-0.25, -0.2) is 0 Å². The van der Waals surface area contributed by atoms with Gasteiger partial charge in [-0.1, -0.05) is 36.8 Å². The predicted molar refractivity (Wildman–Crippen MR) is 76.3 cm³/mol. The number of rotatable bonds is 3. The zero-order valence-electron chi connectivity index (χ0n) is 12.4. The van der Waals surface area contributed by atoms with E-state index in [9.17, 15) is 9.59 Å². The van der Waals surface area contributed by atoms with E-state index < -0.39 is 5.41 Å². The molecule has 1 aliphatic rings. The Kier molecular flexibility index (Phi) is 3.95. The molecule has 3 atom stereocenters. The SMILES string of the molecule is COC(C)C1(C)CC(=O)NC(=O)C1c1cccc(C)c1. The highest BCUT2D eigenvalue weighted by atomic mass is 16.5. The maximum atomic E-state index is 12.4. The van der Waals surface area contributed by atoms with Crippen molar-refractivity contribution in [3.05, 3.63) is 35.4 Å². The topological polar surface area (TPSA) is 55.4 Å². The average molecular weight is 275 g/mol. The van der Waals surface area contributed by atoms with Crippen molar-refractivity contribution in [1.82, 2.24) is 5.32 Å². The van der Waals surface area contributed by atoms with Gasteiger partial charge in [-0.2, -0.15) is 0 Å². The van der Waals surface area contributed by atoms with Crippen molar-refractivity contribution in [2.24, 2.45) is 5.41 Å². The number of amides is 2. The van der Waals surface area contributed by atoms with Crippen LogP contribution in [0.3, 0.4) is 0 Å². The average Bonchev–Trinajstić information content (AvgIpc) is 2.36. The molecule has 1 aromatic carbocycles. The van der Waals surface area contributed by atoms with Crippen molar-refractivity contribution < 1.29 is 14.3 Å². The number of hydrogen-bond donors (Lipinski definition) is 1. The third-order valence-electron chi connectivity index (χ3n) is 4.38. The molecule has 20 heavy (non-hydrogen) atoms. The van der Waals surface area contributed by atoms with Crippen molar-refractivity contribution in [2.75, 3.05) is 7.11 Å². The summed E-state index contributed by atoms with van der Waals surface area (Å²) in [7, 11) is 1.61. The summed E-state index contributed by atoms with van der Waals surface area (Å²) in [6, 6.07) is 7.87. The van der Waals surface area contributed by atoms with Crippen LogP contribution in [-0.2, 0) is 14.3 Å². The number of piperidine rings is 1. The molecule has 1 heterocycles. The van der Waals surface area contributed by atoms with E-state index in [0.717, 1.165) is 11.1 Å². The summed E-state index contributed by atoms with van der Waals surface area (Å²) in [4.78, 5) is 24.1. The number of ether oxygens (including phenoxy) is 1. The van der Waals surface area contributed by atoms with Crippen molar-refractivity contribution in [1.29, 1.82) is 0 Å². The van der Waals surface area contributed by atoms with E-state index >= 15 is 0 Å². The first kappa shape index (κ1) is 14.7. The highest BCUT2D eigenvalue weighted by molar-refractivity contribution is 6.02. The molecule has 2 amide bonds. The summed E-state index contributed by atoms with van der Waals surface area (Å²) < 4.78 is 5.44. The van der Waals surface area contributed by atoms with Gasteiger partial charge in [0, 0.05) is 18.9 Å². The Morgan fingerprint density at radius 2 is 2.10 bits per heavy atom. The van der Waals surface area contributed by atoms with Gasteiger partial charge >= 0.3 is 0 Å². The zero-order chi connectivity index (χ0) is 14.9. The van der Waals surface area contributed by atoms with Crippen LogP contribution >= 0.6 is 0 Å². The number of hydrogen-bond acceptors (Lipinski definition) is 3. The smallest absolute Gasteiger partial charge is 0.234 e. The van der Waals surface area contributed by atoms with E-state index in [-0.39, 0.29) is 30.3 Å². The molecule has 0 spiro atoms. The number of imide groups is 1. The van der Waals surface area contributed by atoms with Gasteiger partial charge in [0.05, 0.1) is 12.0 Å². The lowest BCUT2D eigenvalue weighted by molar-refractivity contribution is -0.144. The lowest BCUT2D eigenvalue weighted by atomic mass is 9.65. The van der Waals surface area contributed by atoms with E-state index in [0.29, 0.717) is 0 Å². The van der Waals surface area contributed by atoms with Gasteiger partial charge in [-0.05, 0) is 19.4 Å². The summed E-state index contributed by atoms with van der Waals surface area (Å²) >= 11 is 0. The second-order valence-corrected chi connectivity index (χ2v) is 5.82. The minimum Gasteiger partial charge on any atom is -0.381 e. The number of carbonyl (C=O) groups excluding carboxylic acids is 2. The molecule has 108 valence electrons. The number of methoxy groups -OCH3 is 1. The van der Waals surface area contributed by atoms with Crippen molar-refractivity contribution in [3.63, 3.8) is 0 Å². The van der Waals surface area contributed by atoms with E-state index in [1.807, 2.05) is 45.0 Å². The maximum Gasteiger partial charge on any atom is 0.234 e. The van der Waals surface area contributed by atoms with Gasteiger partial charge in [-0.3, -0.25) is 14.9 Å². The molecule has 1 saturated heterocycles. The first-order chi connectivity index (χ1) is 9.38. The number of aryl methyl sites for hydroxylation is 1. The molecule has 0 saturated carbocycles. The first-order valence-electron chi connectivity index (χ1n) is 6.81. The molecule has 1 aliphatic heterocycles. The molecule has 0 radical (unpaired) electrons. The Morgan fingerprint density at radius 3 is 2.70 bits per heavy atom. The van der Waals surface area contributed by atoms with Crippen molar-refractivity contribution in [2.45, 2.75) is 39.2 Å². The molecule has 1 aromatic rings. The van der Waals surface area contributed by atoms with Crippen molar-refractivity contribution >= 4 is 11.8 Å². The molecular formula is C16H21NO3.